The van der Waals surface area contributed by atoms with Gasteiger partial charge in [0.05, 0.1) is 5.60 Å². The van der Waals surface area contributed by atoms with Crippen molar-refractivity contribution in [2.75, 3.05) is 0 Å². The van der Waals surface area contributed by atoms with Crippen molar-refractivity contribution >= 4 is 5.78 Å². The Balaban J connectivity index is 2.39. The van der Waals surface area contributed by atoms with Crippen molar-refractivity contribution in [2.24, 2.45) is 11.3 Å². The molecule has 0 radical (unpaired) electrons. The summed E-state index contributed by atoms with van der Waals surface area (Å²) in [5.41, 5.74) is 1.11. The van der Waals surface area contributed by atoms with Gasteiger partial charge in [0.2, 0.25) is 0 Å². The SMILES string of the molecule is C=C(C)C[C@@]1(O)CC(C)(C)[C@@H]2CC(=O)C=C21. The lowest BCUT2D eigenvalue weighted by molar-refractivity contribution is -0.115. The van der Waals surface area contributed by atoms with Gasteiger partial charge in [-0.25, -0.2) is 0 Å². The summed E-state index contributed by atoms with van der Waals surface area (Å²) in [6.45, 7) is 10.1. The second-order valence-corrected chi connectivity index (χ2v) is 6.15. The number of carbonyl (C=O) groups excluding carboxylic acids is 1. The molecular weight excluding hydrogens is 200 g/mol. The van der Waals surface area contributed by atoms with E-state index in [0.29, 0.717) is 12.8 Å². The minimum absolute atomic E-state index is 0.0161. The van der Waals surface area contributed by atoms with Gasteiger partial charge in [0.25, 0.3) is 0 Å². The molecule has 2 atom stereocenters. The third kappa shape index (κ3) is 1.65. The molecule has 0 aromatic carbocycles. The molecular formula is C14H20O2. The van der Waals surface area contributed by atoms with Crippen molar-refractivity contribution in [1.82, 2.24) is 0 Å². The average molecular weight is 220 g/mol. The number of rotatable bonds is 2. The van der Waals surface area contributed by atoms with Crippen LogP contribution >= 0.6 is 0 Å². The van der Waals surface area contributed by atoms with E-state index in [-0.39, 0.29) is 17.1 Å². The zero-order chi connectivity index (χ0) is 12.1. The standard InChI is InChI=1S/C14H20O2/c1-9(2)7-14(16)8-13(3,4)11-5-10(15)6-12(11)14/h6,11,16H,1,5,7-8H2,2-4H3/t11-,14-/m1/s1. The van der Waals surface area contributed by atoms with E-state index in [1.54, 1.807) is 6.08 Å². The smallest absolute Gasteiger partial charge is 0.156 e. The number of allylic oxidation sites excluding steroid dienone is 1. The van der Waals surface area contributed by atoms with Crippen LogP contribution in [0.1, 0.15) is 40.0 Å². The van der Waals surface area contributed by atoms with Crippen LogP contribution in [0.2, 0.25) is 0 Å². The first-order valence-electron chi connectivity index (χ1n) is 5.86. The number of aliphatic hydroxyl groups is 1. The largest absolute Gasteiger partial charge is 0.385 e. The van der Waals surface area contributed by atoms with Gasteiger partial charge >= 0.3 is 0 Å². The van der Waals surface area contributed by atoms with Gasteiger partial charge in [0.15, 0.2) is 5.78 Å². The molecule has 0 saturated heterocycles. The highest BCUT2D eigenvalue weighted by atomic mass is 16.3. The highest BCUT2D eigenvalue weighted by Gasteiger charge is 2.54. The van der Waals surface area contributed by atoms with Crippen LogP contribution in [0.15, 0.2) is 23.8 Å². The number of carbonyl (C=O) groups is 1. The first-order valence-corrected chi connectivity index (χ1v) is 5.86. The topological polar surface area (TPSA) is 37.3 Å². The van der Waals surface area contributed by atoms with Crippen LogP contribution in [-0.4, -0.2) is 16.5 Å². The number of fused-ring (bicyclic) bond motifs is 1. The fraction of sp³-hybridized carbons (Fsp3) is 0.643. The number of hydrogen-bond donors (Lipinski definition) is 1. The van der Waals surface area contributed by atoms with Crippen LogP contribution in [-0.2, 0) is 4.79 Å². The first kappa shape index (κ1) is 11.6. The van der Waals surface area contributed by atoms with Crippen LogP contribution < -0.4 is 0 Å². The molecule has 0 unspecified atom stereocenters. The van der Waals surface area contributed by atoms with Gasteiger partial charge in [0.1, 0.15) is 0 Å². The second kappa shape index (κ2) is 3.30. The molecule has 2 nitrogen and oxygen atoms in total. The molecule has 0 bridgehead atoms. The van der Waals surface area contributed by atoms with E-state index in [0.717, 1.165) is 17.6 Å². The van der Waals surface area contributed by atoms with Crippen molar-refractivity contribution in [3.8, 4) is 0 Å². The first-order chi connectivity index (χ1) is 7.24. The van der Waals surface area contributed by atoms with E-state index in [1.165, 1.54) is 0 Å². The average Bonchev–Trinajstić information content (AvgIpc) is 2.51. The summed E-state index contributed by atoms with van der Waals surface area (Å²) in [6.07, 6.45) is 3.55. The molecule has 0 spiro atoms. The van der Waals surface area contributed by atoms with Gasteiger partial charge in [-0.15, -0.1) is 6.58 Å². The van der Waals surface area contributed by atoms with Crippen LogP contribution in [0.5, 0.6) is 0 Å². The molecule has 2 aliphatic rings. The van der Waals surface area contributed by atoms with E-state index in [2.05, 4.69) is 20.4 Å². The predicted molar refractivity (Wildman–Crippen MR) is 64.0 cm³/mol. The van der Waals surface area contributed by atoms with Crippen molar-refractivity contribution < 1.29 is 9.90 Å². The summed E-state index contributed by atoms with van der Waals surface area (Å²) < 4.78 is 0. The molecule has 2 aliphatic carbocycles. The van der Waals surface area contributed by atoms with E-state index in [1.807, 2.05) is 6.92 Å². The van der Waals surface area contributed by atoms with Gasteiger partial charge in [-0.05, 0) is 36.3 Å². The summed E-state index contributed by atoms with van der Waals surface area (Å²) >= 11 is 0. The van der Waals surface area contributed by atoms with Crippen molar-refractivity contribution in [3.05, 3.63) is 23.8 Å². The maximum atomic E-state index is 11.5. The molecule has 0 aromatic rings. The van der Waals surface area contributed by atoms with E-state index >= 15 is 0 Å². The fourth-order valence-corrected chi connectivity index (χ4v) is 3.44. The normalized spacial score (nSPS) is 36.1. The maximum Gasteiger partial charge on any atom is 0.156 e. The summed E-state index contributed by atoms with van der Waals surface area (Å²) in [4.78, 5) is 11.5. The monoisotopic (exact) mass is 220 g/mol. The summed E-state index contributed by atoms with van der Waals surface area (Å²) in [5, 5.41) is 10.7. The van der Waals surface area contributed by atoms with Crippen molar-refractivity contribution in [3.63, 3.8) is 0 Å². The second-order valence-electron chi connectivity index (χ2n) is 6.15. The molecule has 88 valence electrons. The van der Waals surface area contributed by atoms with Crippen molar-refractivity contribution in [2.45, 2.75) is 45.6 Å². The lowest BCUT2D eigenvalue weighted by Gasteiger charge is -2.26. The number of hydrogen-bond acceptors (Lipinski definition) is 2. The zero-order valence-corrected chi connectivity index (χ0v) is 10.3. The minimum atomic E-state index is -0.827. The highest BCUT2D eigenvalue weighted by molar-refractivity contribution is 5.94. The summed E-state index contributed by atoms with van der Waals surface area (Å²) in [7, 11) is 0. The molecule has 2 rings (SSSR count). The molecule has 0 heterocycles. The van der Waals surface area contributed by atoms with Gasteiger partial charge in [0, 0.05) is 12.8 Å². The Bertz CT molecular complexity index is 390. The lowest BCUT2D eigenvalue weighted by atomic mass is 9.80. The summed E-state index contributed by atoms with van der Waals surface area (Å²) in [5.74, 6) is 0.386. The van der Waals surface area contributed by atoms with Crippen molar-refractivity contribution in [1.29, 1.82) is 0 Å². The fourth-order valence-electron chi connectivity index (χ4n) is 3.44. The zero-order valence-electron chi connectivity index (χ0n) is 10.3. The molecule has 1 N–H and O–H groups in total. The predicted octanol–water partition coefficient (Wildman–Crippen LogP) is 2.63. The van der Waals surface area contributed by atoms with E-state index in [9.17, 15) is 9.90 Å². The van der Waals surface area contributed by atoms with Crippen LogP contribution in [0.4, 0.5) is 0 Å². The van der Waals surface area contributed by atoms with Gasteiger partial charge in [-0.1, -0.05) is 19.4 Å². The maximum absolute atomic E-state index is 11.5. The van der Waals surface area contributed by atoms with Gasteiger partial charge in [-0.2, -0.15) is 0 Å². The quantitative estimate of drug-likeness (QED) is 0.726. The molecule has 0 aliphatic heterocycles. The Hall–Kier alpha value is -0.890. The van der Waals surface area contributed by atoms with Gasteiger partial charge in [-0.3, -0.25) is 4.79 Å². The van der Waals surface area contributed by atoms with Crippen LogP contribution in [0, 0.1) is 11.3 Å². The Morgan fingerprint density at radius 2 is 2.25 bits per heavy atom. The molecule has 1 fully saturated rings. The lowest BCUT2D eigenvalue weighted by Crippen LogP contribution is -2.28. The molecule has 2 heteroatoms. The van der Waals surface area contributed by atoms with Crippen LogP contribution in [0.3, 0.4) is 0 Å². The van der Waals surface area contributed by atoms with Crippen LogP contribution in [0.25, 0.3) is 0 Å². The third-order valence-electron chi connectivity index (χ3n) is 3.92. The molecule has 0 aromatic heterocycles. The third-order valence-corrected chi connectivity index (χ3v) is 3.92. The van der Waals surface area contributed by atoms with E-state index < -0.39 is 5.60 Å². The molecule has 0 amide bonds. The Morgan fingerprint density at radius 1 is 1.62 bits per heavy atom. The Morgan fingerprint density at radius 3 is 2.81 bits per heavy atom. The highest BCUT2D eigenvalue weighted by Crippen LogP contribution is 2.57. The Kier molecular flexibility index (Phi) is 2.39. The van der Waals surface area contributed by atoms with E-state index in [4.69, 9.17) is 0 Å². The van der Waals surface area contributed by atoms with Gasteiger partial charge < -0.3 is 5.11 Å². The minimum Gasteiger partial charge on any atom is -0.385 e. The molecule has 1 saturated carbocycles. The Labute approximate surface area is 97.0 Å². The molecule has 16 heavy (non-hydrogen) atoms. The summed E-state index contributed by atoms with van der Waals surface area (Å²) in [6, 6.07) is 0. The number of ketones is 1.